The van der Waals surface area contributed by atoms with E-state index in [0.29, 0.717) is 30.2 Å². The summed E-state index contributed by atoms with van der Waals surface area (Å²) in [7, 11) is 0. The van der Waals surface area contributed by atoms with E-state index in [-0.39, 0.29) is 12.1 Å². The molecule has 132 valence electrons. The number of alkyl halides is 3. The maximum atomic E-state index is 13.1. The molecule has 3 rings (SSSR count). The lowest BCUT2D eigenvalue weighted by Crippen LogP contribution is -2.25. The summed E-state index contributed by atoms with van der Waals surface area (Å²) in [6.07, 6.45) is -4.71. The van der Waals surface area contributed by atoms with Crippen molar-refractivity contribution in [3.63, 3.8) is 0 Å². The number of carbonyl (C=O) groups excluding carboxylic acids is 1. The number of phenols is 1. The number of phenolic OH excluding ortho intramolecular Hbond substituents is 1. The first kappa shape index (κ1) is 16.9. The van der Waals surface area contributed by atoms with Gasteiger partial charge in [-0.25, -0.2) is 0 Å². The predicted molar refractivity (Wildman–Crippen MR) is 84.7 cm³/mol. The fraction of sp³-hybridized carbons (Fsp3) is 0.235. The minimum absolute atomic E-state index is 0.208. The van der Waals surface area contributed by atoms with E-state index in [1.54, 1.807) is 12.1 Å². The minimum Gasteiger partial charge on any atom is -0.507 e. The van der Waals surface area contributed by atoms with Crippen molar-refractivity contribution in [3.8, 4) is 11.5 Å². The van der Waals surface area contributed by atoms with Gasteiger partial charge >= 0.3 is 6.18 Å². The zero-order valence-corrected chi connectivity index (χ0v) is 13.0. The Labute approximate surface area is 141 Å². The van der Waals surface area contributed by atoms with Crippen LogP contribution in [0, 0.1) is 0 Å². The van der Waals surface area contributed by atoms with Gasteiger partial charge in [-0.15, -0.1) is 0 Å². The number of hydrogen-bond acceptors (Lipinski definition) is 4. The average Bonchev–Trinajstić information content (AvgIpc) is 2.58. The summed E-state index contributed by atoms with van der Waals surface area (Å²) in [5.74, 6) is -0.767. The summed E-state index contributed by atoms with van der Waals surface area (Å²) >= 11 is 0. The summed E-state index contributed by atoms with van der Waals surface area (Å²) in [4.78, 5) is 12.2. The number of aromatic hydroxyl groups is 1. The molecule has 0 aliphatic carbocycles. The van der Waals surface area contributed by atoms with Gasteiger partial charge in [-0.2, -0.15) is 13.2 Å². The summed E-state index contributed by atoms with van der Waals surface area (Å²) < 4.78 is 44.6. The molecule has 1 aliphatic rings. The van der Waals surface area contributed by atoms with Crippen LogP contribution in [0.5, 0.6) is 11.5 Å². The molecule has 2 aromatic carbocycles. The molecule has 1 amide bonds. The van der Waals surface area contributed by atoms with Crippen molar-refractivity contribution in [2.24, 2.45) is 0 Å². The molecule has 0 aromatic heterocycles. The van der Waals surface area contributed by atoms with Crippen LogP contribution in [-0.2, 0) is 12.7 Å². The van der Waals surface area contributed by atoms with Gasteiger partial charge < -0.3 is 20.5 Å². The lowest BCUT2D eigenvalue weighted by molar-refractivity contribution is -0.139. The monoisotopic (exact) mass is 352 g/mol. The Kier molecular flexibility index (Phi) is 4.43. The highest BCUT2D eigenvalue weighted by atomic mass is 19.4. The first-order valence-corrected chi connectivity index (χ1v) is 7.53. The van der Waals surface area contributed by atoms with Crippen LogP contribution in [0.25, 0.3) is 0 Å². The normalized spacial score (nSPS) is 13.4. The van der Waals surface area contributed by atoms with Crippen molar-refractivity contribution in [2.75, 3.05) is 18.5 Å². The van der Waals surface area contributed by atoms with E-state index in [0.717, 1.165) is 6.07 Å². The molecule has 0 saturated carbocycles. The van der Waals surface area contributed by atoms with Gasteiger partial charge in [0.1, 0.15) is 23.7 Å². The first-order chi connectivity index (χ1) is 11.9. The Morgan fingerprint density at radius 1 is 1.28 bits per heavy atom. The molecule has 1 aliphatic heterocycles. The maximum Gasteiger partial charge on any atom is 0.420 e. The summed E-state index contributed by atoms with van der Waals surface area (Å²) in [5.41, 5.74) is -0.395. The van der Waals surface area contributed by atoms with Crippen molar-refractivity contribution in [1.82, 2.24) is 5.32 Å². The highest BCUT2D eigenvalue weighted by molar-refractivity contribution is 5.95. The van der Waals surface area contributed by atoms with Crippen LogP contribution in [0.1, 0.15) is 21.5 Å². The number of carbonyl (C=O) groups is 1. The molecule has 0 spiro atoms. The Bertz CT molecular complexity index is 806. The lowest BCUT2D eigenvalue weighted by atomic mass is 10.1. The number of nitrogens with one attached hydrogen (secondary N) is 2. The second-order valence-corrected chi connectivity index (χ2v) is 5.48. The third kappa shape index (κ3) is 3.62. The van der Waals surface area contributed by atoms with Crippen LogP contribution in [0.2, 0.25) is 0 Å². The Morgan fingerprint density at radius 2 is 2.08 bits per heavy atom. The van der Waals surface area contributed by atoms with Gasteiger partial charge in [0.25, 0.3) is 5.91 Å². The molecule has 8 heteroatoms. The van der Waals surface area contributed by atoms with E-state index in [9.17, 15) is 23.1 Å². The van der Waals surface area contributed by atoms with Gasteiger partial charge in [-0.3, -0.25) is 4.79 Å². The topological polar surface area (TPSA) is 70.6 Å². The van der Waals surface area contributed by atoms with Crippen LogP contribution in [0.4, 0.5) is 18.9 Å². The van der Waals surface area contributed by atoms with Crippen molar-refractivity contribution >= 4 is 11.6 Å². The van der Waals surface area contributed by atoms with Gasteiger partial charge in [-0.1, -0.05) is 12.1 Å². The van der Waals surface area contributed by atoms with Crippen molar-refractivity contribution in [1.29, 1.82) is 0 Å². The molecule has 1 heterocycles. The standard InChI is InChI=1S/C17H15F3N2O3/c18-17(19,20)15-11(2-1-3-13(15)23)9-22-16(24)10-4-5-14-12(8-10)21-6-7-25-14/h1-5,8,21,23H,6-7,9H2,(H,22,24). The molecule has 0 atom stereocenters. The Balaban J connectivity index is 1.76. The molecular formula is C17H15F3N2O3. The average molecular weight is 352 g/mol. The molecule has 0 unspecified atom stereocenters. The predicted octanol–water partition coefficient (Wildman–Crippen LogP) is 3.15. The molecule has 5 nitrogen and oxygen atoms in total. The smallest absolute Gasteiger partial charge is 0.420 e. The van der Waals surface area contributed by atoms with Gasteiger partial charge in [-0.05, 0) is 29.8 Å². The minimum atomic E-state index is -4.71. The van der Waals surface area contributed by atoms with Gasteiger partial charge in [0.15, 0.2) is 0 Å². The fourth-order valence-corrected chi connectivity index (χ4v) is 2.62. The largest absolute Gasteiger partial charge is 0.507 e. The van der Waals surface area contributed by atoms with Crippen LogP contribution >= 0.6 is 0 Å². The third-order valence-electron chi connectivity index (χ3n) is 3.77. The van der Waals surface area contributed by atoms with Crippen LogP contribution < -0.4 is 15.4 Å². The maximum absolute atomic E-state index is 13.1. The Hall–Kier alpha value is -2.90. The van der Waals surface area contributed by atoms with E-state index in [4.69, 9.17) is 4.74 Å². The van der Waals surface area contributed by atoms with Crippen LogP contribution in [-0.4, -0.2) is 24.2 Å². The van der Waals surface area contributed by atoms with Crippen LogP contribution in [0.3, 0.4) is 0 Å². The number of halogens is 3. The molecular weight excluding hydrogens is 337 g/mol. The second-order valence-electron chi connectivity index (χ2n) is 5.48. The lowest BCUT2D eigenvalue weighted by Gasteiger charge is -2.19. The van der Waals surface area contributed by atoms with Crippen LogP contribution in [0.15, 0.2) is 36.4 Å². The number of benzene rings is 2. The molecule has 0 saturated heterocycles. The SMILES string of the molecule is O=C(NCc1cccc(O)c1C(F)(F)F)c1ccc2c(c1)NCCO2. The van der Waals surface area contributed by atoms with Crippen molar-refractivity contribution in [3.05, 3.63) is 53.1 Å². The van der Waals surface area contributed by atoms with E-state index >= 15 is 0 Å². The molecule has 2 aromatic rings. The number of rotatable bonds is 3. The highest BCUT2D eigenvalue weighted by Gasteiger charge is 2.36. The van der Waals surface area contributed by atoms with E-state index in [1.165, 1.54) is 18.2 Å². The molecule has 0 radical (unpaired) electrons. The molecule has 25 heavy (non-hydrogen) atoms. The first-order valence-electron chi connectivity index (χ1n) is 7.53. The number of anilines is 1. The summed E-state index contributed by atoms with van der Waals surface area (Å²) in [6.45, 7) is 0.773. The van der Waals surface area contributed by atoms with E-state index in [1.807, 2.05) is 0 Å². The van der Waals surface area contributed by atoms with E-state index < -0.39 is 23.4 Å². The number of ether oxygens (including phenoxy) is 1. The number of hydrogen-bond donors (Lipinski definition) is 3. The molecule has 3 N–H and O–H groups in total. The summed E-state index contributed by atoms with van der Waals surface area (Å²) in [6, 6.07) is 8.22. The van der Waals surface area contributed by atoms with Gasteiger partial charge in [0.05, 0.1) is 5.69 Å². The highest BCUT2D eigenvalue weighted by Crippen LogP contribution is 2.38. The van der Waals surface area contributed by atoms with Crippen molar-refractivity contribution < 1.29 is 27.8 Å². The zero-order chi connectivity index (χ0) is 18.0. The number of fused-ring (bicyclic) bond motifs is 1. The third-order valence-corrected chi connectivity index (χ3v) is 3.77. The van der Waals surface area contributed by atoms with Gasteiger partial charge in [0, 0.05) is 18.7 Å². The van der Waals surface area contributed by atoms with Gasteiger partial charge in [0.2, 0.25) is 0 Å². The zero-order valence-electron chi connectivity index (χ0n) is 13.0. The quantitative estimate of drug-likeness (QED) is 0.794. The Morgan fingerprint density at radius 3 is 2.84 bits per heavy atom. The summed E-state index contributed by atoms with van der Waals surface area (Å²) in [5, 5.41) is 15.0. The van der Waals surface area contributed by atoms with E-state index in [2.05, 4.69) is 10.6 Å². The number of amides is 1. The van der Waals surface area contributed by atoms with Crippen molar-refractivity contribution in [2.45, 2.75) is 12.7 Å². The molecule has 0 bridgehead atoms. The fourth-order valence-electron chi connectivity index (χ4n) is 2.62. The second kappa shape index (κ2) is 6.54. The molecule has 0 fully saturated rings.